The van der Waals surface area contributed by atoms with E-state index in [1.54, 1.807) is 12.1 Å². The predicted molar refractivity (Wildman–Crippen MR) is 68.7 cm³/mol. The van der Waals surface area contributed by atoms with Crippen molar-refractivity contribution in [3.63, 3.8) is 0 Å². The zero-order chi connectivity index (χ0) is 12.8. The molecule has 5 heteroatoms. The lowest BCUT2D eigenvalue weighted by Crippen LogP contribution is -2.29. The molecule has 1 aromatic carbocycles. The summed E-state index contributed by atoms with van der Waals surface area (Å²) >= 11 is 5.65. The Balaban J connectivity index is 1.64. The fourth-order valence-corrected chi connectivity index (χ4v) is 2.06. The number of hydrogen-bond acceptors (Lipinski definition) is 3. The summed E-state index contributed by atoms with van der Waals surface area (Å²) in [6.45, 7) is 2.74. The van der Waals surface area contributed by atoms with Crippen LogP contribution in [0.3, 0.4) is 0 Å². The zero-order valence-corrected chi connectivity index (χ0v) is 10.9. The normalized spacial score (nSPS) is 19.1. The minimum atomic E-state index is -0.502. The van der Waals surface area contributed by atoms with E-state index in [-0.39, 0.29) is 10.8 Å². The highest BCUT2D eigenvalue weighted by atomic mass is 35.5. The van der Waals surface area contributed by atoms with Gasteiger partial charge in [-0.1, -0.05) is 17.7 Å². The first-order valence-electron chi connectivity index (χ1n) is 6.16. The van der Waals surface area contributed by atoms with Crippen molar-refractivity contribution in [3.05, 3.63) is 29.0 Å². The largest absolute Gasteiger partial charge is 0.489 e. The highest BCUT2D eigenvalue weighted by Gasteiger charge is 2.14. The molecule has 0 spiro atoms. The van der Waals surface area contributed by atoms with Crippen LogP contribution in [0.4, 0.5) is 4.39 Å². The third kappa shape index (κ3) is 3.83. The predicted octanol–water partition coefficient (Wildman–Crippen LogP) is 2.63. The molecule has 1 aromatic rings. The Bertz CT molecular complexity index is 383. The fraction of sp³-hybridized carbons (Fsp3) is 0.538. The van der Waals surface area contributed by atoms with Crippen LogP contribution in [0.2, 0.25) is 5.02 Å². The molecule has 0 saturated carbocycles. The third-order valence-electron chi connectivity index (χ3n) is 2.85. The first-order valence-corrected chi connectivity index (χ1v) is 6.54. The number of nitrogens with one attached hydrogen (secondary N) is 1. The molecule has 1 aliphatic rings. The van der Waals surface area contributed by atoms with E-state index in [1.807, 2.05) is 0 Å². The summed E-state index contributed by atoms with van der Waals surface area (Å²) in [5.41, 5.74) is 0. The summed E-state index contributed by atoms with van der Waals surface area (Å²) in [6.07, 6.45) is 2.56. The minimum Gasteiger partial charge on any atom is -0.489 e. The molecule has 3 nitrogen and oxygen atoms in total. The van der Waals surface area contributed by atoms with E-state index >= 15 is 0 Å². The Morgan fingerprint density at radius 3 is 3.17 bits per heavy atom. The Labute approximate surface area is 111 Å². The maximum atomic E-state index is 13.5. The van der Waals surface area contributed by atoms with Gasteiger partial charge in [0.2, 0.25) is 0 Å². The summed E-state index contributed by atoms with van der Waals surface area (Å²) in [5, 5.41) is 3.31. The van der Waals surface area contributed by atoms with Crippen LogP contribution in [0.25, 0.3) is 0 Å². The second kappa shape index (κ2) is 6.92. The monoisotopic (exact) mass is 273 g/mol. The van der Waals surface area contributed by atoms with Gasteiger partial charge in [0.1, 0.15) is 6.61 Å². The summed E-state index contributed by atoms with van der Waals surface area (Å²) in [7, 11) is 0. The van der Waals surface area contributed by atoms with Crippen LogP contribution in [0.1, 0.15) is 12.8 Å². The van der Waals surface area contributed by atoms with E-state index in [0.29, 0.717) is 19.3 Å². The van der Waals surface area contributed by atoms with Gasteiger partial charge in [-0.3, -0.25) is 0 Å². The Morgan fingerprint density at radius 2 is 2.39 bits per heavy atom. The Morgan fingerprint density at radius 1 is 1.50 bits per heavy atom. The van der Waals surface area contributed by atoms with Crippen molar-refractivity contribution in [2.75, 3.05) is 26.3 Å². The molecule has 0 radical (unpaired) electrons. The maximum absolute atomic E-state index is 13.5. The topological polar surface area (TPSA) is 30.5 Å². The van der Waals surface area contributed by atoms with Crippen molar-refractivity contribution in [1.82, 2.24) is 5.32 Å². The van der Waals surface area contributed by atoms with E-state index in [4.69, 9.17) is 21.1 Å². The summed E-state index contributed by atoms with van der Waals surface area (Å²) in [4.78, 5) is 0. The lowest BCUT2D eigenvalue weighted by molar-refractivity contribution is 0.109. The molecule has 1 aliphatic heterocycles. The molecule has 18 heavy (non-hydrogen) atoms. The highest BCUT2D eigenvalue weighted by Crippen LogP contribution is 2.23. The lowest BCUT2D eigenvalue weighted by Gasteiger charge is -2.11. The van der Waals surface area contributed by atoms with Gasteiger partial charge < -0.3 is 14.8 Å². The molecule has 1 N–H and O–H groups in total. The summed E-state index contributed by atoms with van der Waals surface area (Å²) in [6, 6.07) is 4.74. The third-order valence-corrected chi connectivity index (χ3v) is 3.14. The molecule has 0 aliphatic carbocycles. The molecule has 2 rings (SSSR count). The highest BCUT2D eigenvalue weighted by molar-refractivity contribution is 6.30. The van der Waals surface area contributed by atoms with Gasteiger partial charge in [-0.2, -0.15) is 0 Å². The molecule has 1 fully saturated rings. The van der Waals surface area contributed by atoms with Crippen LogP contribution >= 0.6 is 11.6 Å². The SMILES string of the molecule is Fc1c(Cl)cccc1OCCNCC1CCCO1. The second-order valence-corrected chi connectivity index (χ2v) is 4.65. The number of ether oxygens (including phenoxy) is 2. The van der Waals surface area contributed by atoms with E-state index in [1.165, 1.54) is 6.07 Å². The number of benzene rings is 1. The van der Waals surface area contributed by atoms with Gasteiger partial charge in [0, 0.05) is 19.7 Å². The van der Waals surface area contributed by atoms with Crippen LogP contribution < -0.4 is 10.1 Å². The average molecular weight is 274 g/mol. The molecule has 0 amide bonds. The van der Waals surface area contributed by atoms with Crippen molar-refractivity contribution in [2.45, 2.75) is 18.9 Å². The van der Waals surface area contributed by atoms with E-state index in [9.17, 15) is 4.39 Å². The second-order valence-electron chi connectivity index (χ2n) is 4.24. The Kier molecular flexibility index (Phi) is 5.23. The van der Waals surface area contributed by atoms with Crippen LogP contribution in [-0.2, 0) is 4.74 Å². The first-order chi connectivity index (χ1) is 8.77. The fourth-order valence-electron chi connectivity index (χ4n) is 1.90. The van der Waals surface area contributed by atoms with Gasteiger partial charge in [0.05, 0.1) is 11.1 Å². The molecule has 0 aromatic heterocycles. The molecular formula is C13H17ClFNO2. The standard InChI is InChI=1S/C13H17ClFNO2/c14-11-4-1-5-12(13(11)15)18-8-6-16-9-10-3-2-7-17-10/h1,4-5,10,16H,2-3,6-9H2. The van der Waals surface area contributed by atoms with Gasteiger partial charge in [0.25, 0.3) is 0 Å². The number of halogens is 2. The van der Waals surface area contributed by atoms with Crippen molar-refractivity contribution in [2.24, 2.45) is 0 Å². The molecule has 1 saturated heterocycles. The van der Waals surface area contributed by atoms with Gasteiger partial charge in [-0.25, -0.2) is 4.39 Å². The van der Waals surface area contributed by atoms with Crippen LogP contribution in [0, 0.1) is 5.82 Å². The van der Waals surface area contributed by atoms with Crippen molar-refractivity contribution >= 4 is 11.6 Å². The maximum Gasteiger partial charge on any atom is 0.183 e. The van der Waals surface area contributed by atoms with Crippen LogP contribution in [0.15, 0.2) is 18.2 Å². The van der Waals surface area contributed by atoms with Gasteiger partial charge in [0.15, 0.2) is 11.6 Å². The number of hydrogen-bond donors (Lipinski definition) is 1. The molecule has 100 valence electrons. The van der Waals surface area contributed by atoms with Gasteiger partial charge in [-0.15, -0.1) is 0 Å². The average Bonchev–Trinajstić information content (AvgIpc) is 2.87. The van der Waals surface area contributed by atoms with Crippen LogP contribution in [0.5, 0.6) is 5.75 Å². The van der Waals surface area contributed by atoms with Gasteiger partial charge >= 0.3 is 0 Å². The molecule has 1 unspecified atom stereocenters. The zero-order valence-electron chi connectivity index (χ0n) is 10.1. The molecule has 1 heterocycles. The Hall–Kier alpha value is -0.840. The van der Waals surface area contributed by atoms with Crippen molar-refractivity contribution < 1.29 is 13.9 Å². The van der Waals surface area contributed by atoms with Gasteiger partial charge in [-0.05, 0) is 25.0 Å². The first kappa shape index (κ1) is 13.6. The number of rotatable bonds is 6. The smallest absolute Gasteiger partial charge is 0.183 e. The molecule has 1 atom stereocenters. The van der Waals surface area contributed by atoms with E-state index in [2.05, 4.69) is 5.32 Å². The quantitative estimate of drug-likeness (QED) is 0.809. The van der Waals surface area contributed by atoms with E-state index in [0.717, 1.165) is 26.0 Å². The molecule has 0 bridgehead atoms. The molecular weight excluding hydrogens is 257 g/mol. The minimum absolute atomic E-state index is 0.0832. The summed E-state index contributed by atoms with van der Waals surface area (Å²) < 4.78 is 24.3. The van der Waals surface area contributed by atoms with E-state index < -0.39 is 5.82 Å². The lowest BCUT2D eigenvalue weighted by atomic mass is 10.2. The van der Waals surface area contributed by atoms with Crippen molar-refractivity contribution in [3.8, 4) is 5.75 Å². The van der Waals surface area contributed by atoms with Crippen LogP contribution in [-0.4, -0.2) is 32.4 Å². The van der Waals surface area contributed by atoms with Crippen molar-refractivity contribution in [1.29, 1.82) is 0 Å². The summed E-state index contributed by atoms with van der Waals surface area (Å²) in [5.74, 6) is -0.306.